The van der Waals surface area contributed by atoms with Crippen LogP contribution in [0, 0.1) is 0 Å². The van der Waals surface area contributed by atoms with Gasteiger partial charge in [-0.3, -0.25) is 4.99 Å². The van der Waals surface area contributed by atoms with Crippen LogP contribution < -0.4 is 10.1 Å². The van der Waals surface area contributed by atoms with E-state index in [1.54, 1.807) is 0 Å². The molecule has 3 nitrogen and oxygen atoms in total. The summed E-state index contributed by atoms with van der Waals surface area (Å²) >= 11 is 0. The van der Waals surface area contributed by atoms with E-state index < -0.39 is 11.1 Å². The number of ether oxygens (including phenoxy) is 1. The predicted octanol–water partition coefficient (Wildman–Crippen LogP) is 14.5. The Kier molecular flexibility index (Phi) is 8.52. The second-order valence-corrected chi connectivity index (χ2v) is 16.8. The topological polar surface area (TPSA) is 33.6 Å². The Morgan fingerprint density at radius 1 is 0.397 bits per heavy atom. The lowest BCUT2D eigenvalue weighted by Crippen LogP contribution is -2.40. The third-order valence-corrected chi connectivity index (χ3v) is 13.2. The average Bonchev–Trinajstić information content (AvgIpc) is 3.65. The molecular weight excluding hydrogens is 765 g/mol. The maximum absolute atomic E-state index is 7.03. The number of hydrogen-bond acceptors (Lipinski definition) is 3. The molecule has 298 valence electrons. The highest BCUT2D eigenvalue weighted by molar-refractivity contribution is 6.13. The molecule has 3 heteroatoms. The highest BCUT2D eigenvalue weighted by Gasteiger charge is 2.51. The number of hydrogen-bond donors (Lipinski definition) is 1. The highest BCUT2D eigenvalue weighted by Crippen LogP contribution is 2.63. The van der Waals surface area contributed by atoms with E-state index in [0.29, 0.717) is 0 Å². The first-order valence-corrected chi connectivity index (χ1v) is 21.7. The fourth-order valence-electron chi connectivity index (χ4n) is 10.3. The molecule has 0 bridgehead atoms. The van der Waals surface area contributed by atoms with E-state index >= 15 is 0 Å². The molecule has 12 rings (SSSR count). The Balaban J connectivity index is 0.957. The lowest BCUT2D eigenvalue weighted by atomic mass is 9.65. The maximum atomic E-state index is 7.03. The van der Waals surface area contributed by atoms with Crippen molar-refractivity contribution in [2.45, 2.75) is 18.0 Å². The molecule has 9 aromatic carbocycles. The number of aliphatic imine (C=N–C) groups is 1. The van der Waals surface area contributed by atoms with E-state index in [9.17, 15) is 0 Å². The van der Waals surface area contributed by atoms with Crippen molar-refractivity contribution in [3.8, 4) is 56.0 Å². The summed E-state index contributed by atoms with van der Waals surface area (Å²) in [6.07, 6.45) is 2.20. The lowest BCUT2D eigenvalue weighted by Gasteiger charge is -2.40. The molecule has 63 heavy (non-hydrogen) atoms. The molecule has 0 aromatic heterocycles. The second-order valence-electron chi connectivity index (χ2n) is 16.8. The Morgan fingerprint density at radius 3 is 1.59 bits per heavy atom. The lowest BCUT2D eigenvalue weighted by molar-refractivity contribution is 0.438. The molecule has 2 heterocycles. The molecule has 1 N–H and O–H groups in total. The zero-order valence-corrected chi connectivity index (χ0v) is 34.8. The molecular formula is C60H42N2O. The molecule has 2 aliphatic heterocycles. The molecule has 1 atom stereocenters. The van der Waals surface area contributed by atoms with E-state index in [1.165, 1.54) is 33.4 Å². The molecule has 0 saturated carbocycles. The minimum Gasteiger partial charge on any atom is -0.456 e. The van der Waals surface area contributed by atoms with E-state index in [4.69, 9.17) is 9.73 Å². The van der Waals surface area contributed by atoms with Gasteiger partial charge in [0, 0.05) is 28.0 Å². The molecule has 9 aromatic rings. The van der Waals surface area contributed by atoms with Crippen LogP contribution in [0.4, 0.5) is 0 Å². The van der Waals surface area contributed by atoms with Gasteiger partial charge in [-0.05, 0) is 98.5 Å². The van der Waals surface area contributed by atoms with Gasteiger partial charge in [0.2, 0.25) is 0 Å². The van der Waals surface area contributed by atoms with E-state index in [1.807, 2.05) is 0 Å². The first-order valence-electron chi connectivity index (χ1n) is 21.7. The summed E-state index contributed by atoms with van der Waals surface area (Å²) in [5.74, 6) is 1.78. The molecule has 1 spiro atoms. The van der Waals surface area contributed by atoms with Gasteiger partial charge < -0.3 is 10.1 Å². The van der Waals surface area contributed by atoms with Gasteiger partial charge in [0.05, 0.1) is 11.1 Å². The summed E-state index contributed by atoms with van der Waals surface area (Å²) < 4.78 is 7.03. The van der Waals surface area contributed by atoms with Crippen molar-refractivity contribution in [1.29, 1.82) is 0 Å². The van der Waals surface area contributed by atoms with Crippen LogP contribution in [-0.4, -0.2) is 5.71 Å². The van der Waals surface area contributed by atoms with Gasteiger partial charge in [0.15, 0.2) is 5.66 Å². The van der Waals surface area contributed by atoms with Crippen LogP contribution in [0.5, 0.6) is 11.5 Å². The van der Waals surface area contributed by atoms with Crippen LogP contribution in [0.25, 0.3) is 50.2 Å². The van der Waals surface area contributed by atoms with Crippen molar-refractivity contribution < 1.29 is 4.74 Å². The van der Waals surface area contributed by atoms with Gasteiger partial charge in [-0.1, -0.05) is 200 Å². The van der Waals surface area contributed by atoms with Crippen LogP contribution in [0.3, 0.4) is 0 Å². The SMILES string of the molecule is C[C@]1(c2ccccc2)N=C(c2cccc(-c3ccccc3)c2)C=C(c2cccc(-c3cccc(-c4cccc5c4Oc4ccccc4C54c5ccccc5-c5ccccc54)c3)c2)N1. The van der Waals surface area contributed by atoms with Crippen molar-refractivity contribution in [2.24, 2.45) is 4.99 Å². The average molecular weight is 807 g/mol. The quantitative estimate of drug-likeness (QED) is 0.182. The van der Waals surface area contributed by atoms with Crippen LogP contribution in [0.1, 0.15) is 45.9 Å². The zero-order valence-electron chi connectivity index (χ0n) is 34.8. The molecule has 0 fully saturated rings. The fourth-order valence-corrected chi connectivity index (χ4v) is 10.3. The van der Waals surface area contributed by atoms with Crippen molar-refractivity contribution in [3.63, 3.8) is 0 Å². The second kappa shape index (κ2) is 14.6. The summed E-state index contributed by atoms with van der Waals surface area (Å²) in [7, 11) is 0. The van der Waals surface area contributed by atoms with E-state index in [-0.39, 0.29) is 0 Å². The maximum Gasteiger partial charge on any atom is 0.153 e. The van der Waals surface area contributed by atoms with Gasteiger partial charge in [-0.2, -0.15) is 0 Å². The number of nitrogens with one attached hydrogen (secondary N) is 1. The molecule has 1 aliphatic carbocycles. The van der Waals surface area contributed by atoms with Crippen LogP contribution in [0.2, 0.25) is 0 Å². The van der Waals surface area contributed by atoms with Crippen LogP contribution >= 0.6 is 0 Å². The Hall–Kier alpha value is -8.01. The summed E-state index contributed by atoms with van der Waals surface area (Å²) in [5.41, 5.74) is 18.2. The van der Waals surface area contributed by atoms with E-state index in [0.717, 1.165) is 73.0 Å². The highest BCUT2D eigenvalue weighted by atomic mass is 16.5. The van der Waals surface area contributed by atoms with Gasteiger partial charge in [-0.15, -0.1) is 0 Å². The monoisotopic (exact) mass is 806 g/mol. The standard InChI is InChI=1S/C60H42N2O/c1-59(47-26-6-3-7-27-47)61-55(45-24-15-20-41(37-45)40-18-4-2-5-19-40)39-56(62-59)46-25-16-22-43(38-46)42-21-14-23-44(36-42)48-30-17-34-54-58(48)63-57-35-13-12-33-53(57)60(54)51-31-10-8-28-49(51)50-29-9-11-32-52(50)60/h2-39,62H,1H3/t59-/m0/s1. The number of nitrogens with zero attached hydrogens (tertiary/aromatic N) is 1. The van der Waals surface area contributed by atoms with Crippen LogP contribution in [-0.2, 0) is 11.1 Å². The Bertz CT molecular complexity index is 3260. The van der Waals surface area contributed by atoms with Crippen molar-refractivity contribution in [2.75, 3.05) is 0 Å². The predicted molar refractivity (Wildman–Crippen MR) is 258 cm³/mol. The molecule has 0 unspecified atom stereocenters. The van der Waals surface area contributed by atoms with Gasteiger partial charge in [-0.25, -0.2) is 0 Å². The first kappa shape index (κ1) is 36.8. The Morgan fingerprint density at radius 2 is 0.873 bits per heavy atom. The summed E-state index contributed by atoms with van der Waals surface area (Å²) in [6.45, 7) is 2.16. The van der Waals surface area contributed by atoms with Crippen molar-refractivity contribution >= 4 is 11.4 Å². The van der Waals surface area contributed by atoms with Crippen molar-refractivity contribution in [3.05, 3.63) is 269 Å². The zero-order chi connectivity index (χ0) is 42.0. The number of fused-ring (bicyclic) bond motifs is 9. The fraction of sp³-hybridized carbons (Fsp3) is 0.0500. The first-order chi connectivity index (χ1) is 31.1. The Labute approximate surface area is 368 Å². The molecule has 0 amide bonds. The van der Waals surface area contributed by atoms with Gasteiger partial charge in [0.1, 0.15) is 11.5 Å². The summed E-state index contributed by atoms with van der Waals surface area (Å²) in [6, 6.07) is 80.5. The number of benzene rings is 9. The van der Waals surface area contributed by atoms with Gasteiger partial charge >= 0.3 is 0 Å². The summed E-state index contributed by atoms with van der Waals surface area (Å²) in [5, 5.41) is 3.86. The largest absolute Gasteiger partial charge is 0.456 e. The smallest absolute Gasteiger partial charge is 0.153 e. The van der Waals surface area contributed by atoms with Crippen molar-refractivity contribution in [1.82, 2.24) is 5.32 Å². The minimum atomic E-state index is -0.692. The summed E-state index contributed by atoms with van der Waals surface area (Å²) in [4.78, 5) is 5.41. The minimum absolute atomic E-state index is 0.515. The van der Waals surface area contributed by atoms with E-state index in [2.05, 4.69) is 243 Å². The van der Waals surface area contributed by atoms with Gasteiger partial charge in [0.25, 0.3) is 0 Å². The number of para-hydroxylation sites is 2. The third-order valence-electron chi connectivity index (χ3n) is 13.2. The molecule has 0 radical (unpaired) electrons. The number of rotatable bonds is 6. The van der Waals surface area contributed by atoms with Crippen LogP contribution in [0.15, 0.2) is 236 Å². The third kappa shape index (κ3) is 5.92. The number of allylic oxidation sites excluding steroid dienone is 1. The normalized spacial score (nSPS) is 16.3. The molecule has 0 saturated heterocycles. The molecule has 3 aliphatic rings.